The number of ether oxygens (including phenoxy) is 1. The van der Waals surface area contributed by atoms with Crippen LogP contribution in [0.5, 0.6) is 0 Å². The number of rotatable bonds is 3. The molecule has 1 N–H and O–H groups in total. The lowest BCUT2D eigenvalue weighted by Gasteiger charge is -2.33. The number of halogens is 3. The topological polar surface area (TPSA) is 102 Å². The second-order valence-corrected chi connectivity index (χ2v) is 7.57. The van der Waals surface area contributed by atoms with E-state index in [1.165, 1.54) is 11.4 Å². The zero-order valence-electron chi connectivity index (χ0n) is 14.9. The smallest absolute Gasteiger partial charge is 0.475 e. The molecule has 3 atom stereocenters. The molecule has 2 fully saturated rings. The molecule has 2 aromatic heterocycles. The van der Waals surface area contributed by atoms with E-state index >= 15 is 0 Å². The number of fused-ring (bicyclic) bond motifs is 1. The average molecular weight is 420 g/mol. The van der Waals surface area contributed by atoms with Crippen molar-refractivity contribution in [3.05, 3.63) is 28.3 Å². The number of piperidine rings is 1. The number of hydrogen-bond donors (Lipinski definition) is 1. The SMILES string of the molecule is Cc1noc([C@H]2C[C@@H]3CCN(Cc4nccs4)C[C@H]3O2)n1.O=C(O)C(F)(F)F. The third-order valence-electron chi connectivity index (χ3n) is 4.54. The molecular formula is C16H19F3N4O4S. The summed E-state index contributed by atoms with van der Waals surface area (Å²) in [6.45, 7) is 4.84. The third-order valence-corrected chi connectivity index (χ3v) is 5.30. The van der Waals surface area contributed by atoms with Crippen molar-refractivity contribution >= 4 is 17.3 Å². The Morgan fingerprint density at radius 1 is 1.46 bits per heavy atom. The van der Waals surface area contributed by atoms with Crippen LogP contribution in [0.15, 0.2) is 16.1 Å². The normalized spacial score (nSPS) is 25.1. The maximum absolute atomic E-state index is 10.6. The fraction of sp³-hybridized carbons (Fsp3) is 0.625. The molecule has 0 radical (unpaired) electrons. The molecule has 12 heteroatoms. The van der Waals surface area contributed by atoms with Gasteiger partial charge in [-0.25, -0.2) is 9.78 Å². The molecule has 0 saturated carbocycles. The Labute approximate surface area is 162 Å². The second-order valence-electron chi connectivity index (χ2n) is 6.59. The minimum atomic E-state index is -5.08. The summed E-state index contributed by atoms with van der Waals surface area (Å²) >= 11 is 1.72. The van der Waals surface area contributed by atoms with Crippen LogP contribution < -0.4 is 0 Å². The number of thiazole rings is 1. The highest BCUT2D eigenvalue weighted by Gasteiger charge is 2.41. The maximum atomic E-state index is 10.6. The molecular weight excluding hydrogens is 401 g/mol. The zero-order valence-corrected chi connectivity index (χ0v) is 15.7. The average Bonchev–Trinajstić information content (AvgIpc) is 3.34. The molecule has 0 aromatic carbocycles. The van der Waals surface area contributed by atoms with Crippen molar-refractivity contribution in [3.63, 3.8) is 0 Å². The van der Waals surface area contributed by atoms with E-state index in [1.54, 1.807) is 11.3 Å². The Hall–Kier alpha value is -2.05. The van der Waals surface area contributed by atoms with Crippen LogP contribution in [0.4, 0.5) is 13.2 Å². The van der Waals surface area contributed by atoms with Crippen LogP contribution in [0.25, 0.3) is 0 Å². The van der Waals surface area contributed by atoms with Crippen molar-refractivity contribution in [2.24, 2.45) is 5.92 Å². The van der Waals surface area contributed by atoms with Crippen molar-refractivity contribution in [2.75, 3.05) is 13.1 Å². The fourth-order valence-electron chi connectivity index (χ4n) is 3.26. The number of carboxylic acid groups (broad SMARTS) is 1. The lowest BCUT2D eigenvalue weighted by Crippen LogP contribution is -2.41. The van der Waals surface area contributed by atoms with Gasteiger partial charge in [0.25, 0.3) is 5.89 Å². The van der Waals surface area contributed by atoms with Gasteiger partial charge in [0.05, 0.1) is 12.6 Å². The molecule has 2 aliphatic heterocycles. The number of aromatic nitrogens is 3. The molecule has 0 bridgehead atoms. The maximum Gasteiger partial charge on any atom is 0.490 e. The molecule has 28 heavy (non-hydrogen) atoms. The lowest BCUT2D eigenvalue weighted by molar-refractivity contribution is -0.192. The van der Waals surface area contributed by atoms with Crippen LogP contribution in [0.1, 0.15) is 35.7 Å². The highest BCUT2D eigenvalue weighted by molar-refractivity contribution is 7.09. The monoisotopic (exact) mass is 420 g/mol. The summed E-state index contributed by atoms with van der Waals surface area (Å²) in [5.41, 5.74) is 0. The van der Waals surface area contributed by atoms with Gasteiger partial charge in [0.2, 0.25) is 0 Å². The molecule has 4 heterocycles. The van der Waals surface area contributed by atoms with E-state index in [2.05, 4.69) is 20.0 Å². The largest absolute Gasteiger partial charge is 0.490 e. The molecule has 2 saturated heterocycles. The van der Waals surface area contributed by atoms with Gasteiger partial charge < -0.3 is 14.4 Å². The fourth-order valence-corrected chi connectivity index (χ4v) is 3.92. The van der Waals surface area contributed by atoms with Crippen molar-refractivity contribution in [3.8, 4) is 0 Å². The summed E-state index contributed by atoms with van der Waals surface area (Å²) < 4.78 is 43.2. The van der Waals surface area contributed by atoms with Crippen molar-refractivity contribution in [1.82, 2.24) is 20.0 Å². The minimum absolute atomic E-state index is 0.0268. The standard InChI is InChI=1S/C14H18N4O2S.C2HF3O2/c1-9-16-14(20-17-9)11-6-10-2-4-18(7-12(10)19-11)8-13-15-3-5-21-13;3-2(4,5)1(6)7/h3,5,10-12H,2,4,6-8H2,1H3;(H,6,7)/t10-,11+,12+;/m0./s1. The van der Waals surface area contributed by atoms with E-state index in [-0.39, 0.29) is 12.2 Å². The number of aliphatic carboxylic acids is 1. The Morgan fingerprint density at radius 2 is 2.21 bits per heavy atom. The molecule has 2 aliphatic rings. The van der Waals surface area contributed by atoms with Gasteiger partial charge >= 0.3 is 12.1 Å². The first-order chi connectivity index (χ1) is 13.2. The number of carboxylic acids is 1. The Kier molecular flexibility index (Phi) is 6.30. The molecule has 0 spiro atoms. The van der Waals surface area contributed by atoms with Crippen molar-refractivity contribution in [1.29, 1.82) is 0 Å². The van der Waals surface area contributed by atoms with E-state index in [1.807, 2.05) is 18.5 Å². The minimum Gasteiger partial charge on any atom is -0.475 e. The van der Waals surface area contributed by atoms with Gasteiger partial charge in [0, 0.05) is 18.1 Å². The number of carbonyl (C=O) groups is 1. The summed E-state index contributed by atoms with van der Waals surface area (Å²) in [4.78, 5) is 20.0. The van der Waals surface area contributed by atoms with Crippen LogP contribution in [0, 0.1) is 12.8 Å². The van der Waals surface area contributed by atoms with Gasteiger partial charge in [-0.05, 0) is 32.2 Å². The first kappa shape index (κ1) is 20.7. The molecule has 0 unspecified atom stereocenters. The van der Waals surface area contributed by atoms with Crippen LogP contribution >= 0.6 is 11.3 Å². The van der Waals surface area contributed by atoms with E-state index < -0.39 is 12.1 Å². The first-order valence-corrected chi connectivity index (χ1v) is 9.47. The van der Waals surface area contributed by atoms with Gasteiger partial charge in [-0.2, -0.15) is 18.2 Å². The number of alkyl halides is 3. The van der Waals surface area contributed by atoms with Crippen LogP contribution in [-0.2, 0) is 16.1 Å². The number of aryl methyl sites for hydroxylation is 1. The first-order valence-electron chi connectivity index (χ1n) is 8.59. The van der Waals surface area contributed by atoms with E-state index in [9.17, 15) is 13.2 Å². The Balaban J connectivity index is 0.000000279. The summed E-state index contributed by atoms with van der Waals surface area (Å²) in [5.74, 6) is -0.843. The second kappa shape index (κ2) is 8.53. The van der Waals surface area contributed by atoms with E-state index in [4.69, 9.17) is 19.2 Å². The summed E-state index contributed by atoms with van der Waals surface area (Å²) in [6.07, 6.45) is -0.805. The molecule has 4 rings (SSSR count). The number of hydrogen-bond acceptors (Lipinski definition) is 8. The molecule has 8 nitrogen and oxygen atoms in total. The van der Waals surface area contributed by atoms with Crippen LogP contribution in [0.2, 0.25) is 0 Å². The predicted octanol–water partition coefficient (Wildman–Crippen LogP) is 2.82. The van der Waals surface area contributed by atoms with Crippen molar-refractivity contribution in [2.45, 2.75) is 44.7 Å². The van der Waals surface area contributed by atoms with Gasteiger partial charge in [0.15, 0.2) is 5.82 Å². The highest BCUT2D eigenvalue weighted by atomic mass is 32.1. The zero-order chi connectivity index (χ0) is 20.3. The Morgan fingerprint density at radius 3 is 2.79 bits per heavy atom. The van der Waals surface area contributed by atoms with Crippen LogP contribution in [0.3, 0.4) is 0 Å². The van der Waals surface area contributed by atoms with Crippen molar-refractivity contribution < 1.29 is 32.3 Å². The van der Waals surface area contributed by atoms with Gasteiger partial charge in [-0.3, -0.25) is 4.90 Å². The van der Waals surface area contributed by atoms with E-state index in [0.717, 1.165) is 26.1 Å². The van der Waals surface area contributed by atoms with Gasteiger partial charge in [-0.1, -0.05) is 5.16 Å². The highest BCUT2D eigenvalue weighted by Crippen LogP contribution is 2.40. The molecule has 154 valence electrons. The quantitative estimate of drug-likeness (QED) is 0.809. The lowest BCUT2D eigenvalue weighted by atomic mass is 9.92. The third kappa shape index (κ3) is 5.26. The van der Waals surface area contributed by atoms with Gasteiger partial charge in [0.1, 0.15) is 11.1 Å². The molecule has 0 amide bonds. The van der Waals surface area contributed by atoms with E-state index in [0.29, 0.717) is 17.6 Å². The molecule has 2 aromatic rings. The summed E-state index contributed by atoms with van der Waals surface area (Å²) in [6, 6.07) is 0. The number of likely N-dealkylation sites (tertiary alicyclic amines) is 1. The number of nitrogens with zero attached hydrogens (tertiary/aromatic N) is 4. The Bertz CT molecular complexity index is 783. The summed E-state index contributed by atoms with van der Waals surface area (Å²) in [5, 5.41) is 14.2. The molecule has 0 aliphatic carbocycles. The van der Waals surface area contributed by atoms with Gasteiger partial charge in [-0.15, -0.1) is 11.3 Å². The predicted molar refractivity (Wildman–Crippen MR) is 90.5 cm³/mol. The van der Waals surface area contributed by atoms with Crippen LogP contribution in [-0.4, -0.2) is 56.5 Å². The summed E-state index contributed by atoms with van der Waals surface area (Å²) in [7, 11) is 0.